The van der Waals surface area contributed by atoms with Crippen LogP contribution in [0, 0.1) is 5.92 Å². The molecule has 0 amide bonds. The van der Waals surface area contributed by atoms with Gasteiger partial charge in [0.2, 0.25) is 11.9 Å². The zero-order valence-electron chi connectivity index (χ0n) is 13.1. The van der Waals surface area contributed by atoms with Crippen molar-refractivity contribution in [3.05, 3.63) is 0 Å². The summed E-state index contributed by atoms with van der Waals surface area (Å²) >= 11 is 0. The molecular formula is C14H27N5O. The molecule has 0 aliphatic rings. The van der Waals surface area contributed by atoms with Crippen LogP contribution in [-0.2, 0) is 0 Å². The van der Waals surface area contributed by atoms with E-state index in [0.717, 1.165) is 25.4 Å². The van der Waals surface area contributed by atoms with Crippen LogP contribution < -0.4 is 15.4 Å². The number of hydrogen-bond acceptors (Lipinski definition) is 6. The molecule has 0 spiro atoms. The Bertz CT molecular complexity index is 360. The van der Waals surface area contributed by atoms with E-state index in [4.69, 9.17) is 4.74 Å². The molecule has 6 nitrogen and oxygen atoms in total. The fourth-order valence-corrected chi connectivity index (χ4v) is 1.74. The number of unbranched alkanes of at least 4 members (excludes halogenated alkanes) is 1. The molecule has 2 N–H and O–H groups in total. The van der Waals surface area contributed by atoms with Crippen LogP contribution in [-0.4, -0.2) is 34.6 Å². The van der Waals surface area contributed by atoms with Crippen molar-refractivity contribution in [2.24, 2.45) is 5.92 Å². The highest BCUT2D eigenvalue weighted by atomic mass is 16.5. The molecule has 0 bridgehead atoms. The largest absolute Gasteiger partial charge is 0.464 e. The minimum atomic E-state index is 0.364. The summed E-state index contributed by atoms with van der Waals surface area (Å²) in [6.45, 7) is 10.6. The topological polar surface area (TPSA) is 72.0 Å². The summed E-state index contributed by atoms with van der Waals surface area (Å²) in [5, 5.41) is 6.31. The van der Waals surface area contributed by atoms with E-state index in [1.807, 2.05) is 13.8 Å². The molecule has 114 valence electrons. The summed E-state index contributed by atoms with van der Waals surface area (Å²) in [6, 6.07) is 0.364. The van der Waals surface area contributed by atoms with E-state index in [1.165, 1.54) is 12.8 Å². The summed E-state index contributed by atoms with van der Waals surface area (Å²) < 4.78 is 5.35. The van der Waals surface area contributed by atoms with Crippen LogP contribution in [0.5, 0.6) is 6.01 Å². The molecule has 1 aromatic rings. The Morgan fingerprint density at radius 3 is 2.30 bits per heavy atom. The van der Waals surface area contributed by atoms with E-state index < -0.39 is 0 Å². The van der Waals surface area contributed by atoms with Gasteiger partial charge in [0.1, 0.15) is 0 Å². The second-order valence-corrected chi connectivity index (χ2v) is 5.04. The van der Waals surface area contributed by atoms with E-state index in [9.17, 15) is 0 Å². The zero-order valence-corrected chi connectivity index (χ0v) is 13.1. The van der Waals surface area contributed by atoms with Crippen molar-refractivity contribution in [3.8, 4) is 6.01 Å². The lowest BCUT2D eigenvalue weighted by molar-refractivity contribution is 0.312. The molecule has 1 aromatic heterocycles. The summed E-state index contributed by atoms with van der Waals surface area (Å²) in [4.78, 5) is 12.7. The van der Waals surface area contributed by atoms with Gasteiger partial charge in [-0.15, -0.1) is 0 Å². The molecular weight excluding hydrogens is 254 g/mol. The SMILES string of the molecule is CCNc1nc(NCCCCC(C)C)nc(OCC)n1. The normalized spacial score (nSPS) is 10.7. The van der Waals surface area contributed by atoms with Crippen LogP contribution in [0.1, 0.15) is 47.0 Å². The van der Waals surface area contributed by atoms with E-state index in [1.54, 1.807) is 0 Å². The Kier molecular flexibility index (Phi) is 7.69. The summed E-state index contributed by atoms with van der Waals surface area (Å²) in [5.41, 5.74) is 0. The second kappa shape index (κ2) is 9.34. The smallest absolute Gasteiger partial charge is 0.323 e. The van der Waals surface area contributed by atoms with Crippen LogP contribution >= 0.6 is 0 Å². The maximum atomic E-state index is 5.35. The van der Waals surface area contributed by atoms with Crippen molar-refractivity contribution in [1.29, 1.82) is 0 Å². The third-order valence-corrected chi connectivity index (χ3v) is 2.71. The average Bonchev–Trinajstić information content (AvgIpc) is 2.38. The van der Waals surface area contributed by atoms with Gasteiger partial charge in [-0.2, -0.15) is 15.0 Å². The minimum Gasteiger partial charge on any atom is -0.464 e. The first kappa shape index (κ1) is 16.5. The molecule has 20 heavy (non-hydrogen) atoms. The molecule has 0 unspecified atom stereocenters. The first-order valence-corrected chi connectivity index (χ1v) is 7.52. The number of anilines is 2. The van der Waals surface area contributed by atoms with Gasteiger partial charge in [-0.1, -0.05) is 26.7 Å². The van der Waals surface area contributed by atoms with Gasteiger partial charge in [-0.3, -0.25) is 0 Å². The molecule has 0 aromatic carbocycles. The van der Waals surface area contributed by atoms with Crippen LogP contribution in [0.2, 0.25) is 0 Å². The van der Waals surface area contributed by atoms with Crippen LogP contribution in [0.4, 0.5) is 11.9 Å². The molecule has 0 radical (unpaired) electrons. The van der Waals surface area contributed by atoms with E-state index in [0.29, 0.717) is 24.5 Å². The number of aromatic nitrogens is 3. The van der Waals surface area contributed by atoms with Gasteiger partial charge in [0.15, 0.2) is 0 Å². The van der Waals surface area contributed by atoms with Gasteiger partial charge in [-0.05, 0) is 26.2 Å². The maximum Gasteiger partial charge on any atom is 0.323 e. The number of hydrogen-bond donors (Lipinski definition) is 2. The third-order valence-electron chi connectivity index (χ3n) is 2.71. The van der Waals surface area contributed by atoms with Gasteiger partial charge < -0.3 is 15.4 Å². The third kappa shape index (κ3) is 6.54. The fraction of sp³-hybridized carbons (Fsp3) is 0.786. The first-order chi connectivity index (χ1) is 9.65. The Labute approximate surface area is 121 Å². The van der Waals surface area contributed by atoms with E-state index in [-0.39, 0.29) is 0 Å². The average molecular weight is 281 g/mol. The maximum absolute atomic E-state index is 5.35. The standard InChI is InChI=1S/C14H27N5O/c1-5-15-12-17-13(19-14(18-12)20-6-2)16-10-8-7-9-11(3)4/h11H,5-10H2,1-4H3,(H2,15,16,17,18,19). The molecule has 0 saturated heterocycles. The highest BCUT2D eigenvalue weighted by Crippen LogP contribution is 2.12. The lowest BCUT2D eigenvalue weighted by Gasteiger charge is -2.09. The van der Waals surface area contributed by atoms with Crippen LogP contribution in [0.25, 0.3) is 0 Å². The minimum absolute atomic E-state index is 0.364. The molecule has 0 aliphatic carbocycles. The number of nitrogens with one attached hydrogen (secondary N) is 2. The van der Waals surface area contributed by atoms with Crippen molar-refractivity contribution < 1.29 is 4.74 Å². The van der Waals surface area contributed by atoms with Gasteiger partial charge in [0.25, 0.3) is 0 Å². The highest BCUT2D eigenvalue weighted by Gasteiger charge is 2.06. The van der Waals surface area contributed by atoms with Gasteiger partial charge >= 0.3 is 6.01 Å². The first-order valence-electron chi connectivity index (χ1n) is 7.52. The quantitative estimate of drug-likeness (QED) is 0.642. The van der Waals surface area contributed by atoms with Crippen molar-refractivity contribution in [3.63, 3.8) is 0 Å². The van der Waals surface area contributed by atoms with Crippen molar-refractivity contribution in [2.45, 2.75) is 47.0 Å². The van der Waals surface area contributed by atoms with Gasteiger partial charge in [-0.25, -0.2) is 0 Å². The summed E-state index contributed by atoms with van der Waals surface area (Å²) in [7, 11) is 0. The number of nitrogens with zero attached hydrogens (tertiary/aromatic N) is 3. The molecule has 0 fully saturated rings. The van der Waals surface area contributed by atoms with Gasteiger partial charge in [0, 0.05) is 13.1 Å². The Balaban J connectivity index is 2.50. The lowest BCUT2D eigenvalue weighted by Crippen LogP contribution is -2.11. The molecule has 6 heteroatoms. The predicted octanol–water partition coefficient (Wildman–Crippen LogP) is 2.94. The highest BCUT2D eigenvalue weighted by molar-refractivity contribution is 5.35. The number of ether oxygens (including phenoxy) is 1. The zero-order chi connectivity index (χ0) is 14.8. The molecule has 1 heterocycles. The fourth-order valence-electron chi connectivity index (χ4n) is 1.74. The lowest BCUT2D eigenvalue weighted by atomic mass is 10.1. The van der Waals surface area contributed by atoms with E-state index >= 15 is 0 Å². The molecule has 0 saturated carbocycles. The Hall–Kier alpha value is -1.59. The second-order valence-electron chi connectivity index (χ2n) is 5.04. The molecule has 0 atom stereocenters. The number of rotatable bonds is 10. The molecule has 1 rings (SSSR count). The molecule has 0 aliphatic heterocycles. The summed E-state index contributed by atoms with van der Waals surface area (Å²) in [5.74, 6) is 1.89. The Morgan fingerprint density at radius 1 is 1.00 bits per heavy atom. The van der Waals surface area contributed by atoms with Crippen molar-refractivity contribution in [2.75, 3.05) is 30.3 Å². The van der Waals surface area contributed by atoms with Gasteiger partial charge in [0.05, 0.1) is 6.61 Å². The van der Waals surface area contributed by atoms with Crippen molar-refractivity contribution in [1.82, 2.24) is 15.0 Å². The van der Waals surface area contributed by atoms with E-state index in [2.05, 4.69) is 39.4 Å². The van der Waals surface area contributed by atoms with Crippen LogP contribution in [0.3, 0.4) is 0 Å². The van der Waals surface area contributed by atoms with Crippen LogP contribution in [0.15, 0.2) is 0 Å². The predicted molar refractivity (Wildman–Crippen MR) is 82.3 cm³/mol. The monoisotopic (exact) mass is 281 g/mol. The summed E-state index contributed by atoms with van der Waals surface area (Å²) in [6.07, 6.45) is 3.59. The van der Waals surface area contributed by atoms with Crippen molar-refractivity contribution >= 4 is 11.9 Å². The Morgan fingerprint density at radius 2 is 1.70 bits per heavy atom.